The number of fused-ring (bicyclic) bond motifs is 3. The van der Waals surface area contributed by atoms with Crippen molar-refractivity contribution in [2.24, 2.45) is 0 Å². The second kappa shape index (κ2) is 5.13. The summed E-state index contributed by atoms with van der Waals surface area (Å²) in [5.41, 5.74) is 2.46. The number of halogens is 2. The quantitative estimate of drug-likeness (QED) is 0.332. The van der Waals surface area contributed by atoms with E-state index in [0.29, 0.717) is 0 Å². The molecular formula is C18H10BrClS. The first-order valence-corrected chi connectivity index (χ1v) is 8.58. The maximum atomic E-state index is 6.01. The normalized spacial score (nSPS) is 11.3. The van der Waals surface area contributed by atoms with Gasteiger partial charge in [-0.3, -0.25) is 0 Å². The largest absolute Gasteiger partial charge is 0.135 e. The third kappa shape index (κ3) is 2.28. The molecule has 3 heteroatoms. The highest BCUT2D eigenvalue weighted by molar-refractivity contribution is 9.10. The van der Waals surface area contributed by atoms with Crippen molar-refractivity contribution in [1.29, 1.82) is 0 Å². The minimum absolute atomic E-state index is 0.767. The van der Waals surface area contributed by atoms with Crippen LogP contribution >= 0.6 is 38.9 Å². The summed E-state index contributed by atoms with van der Waals surface area (Å²) in [4.78, 5) is 0. The molecule has 0 fully saturated rings. The Bertz CT molecular complexity index is 954. The van der Waals surface area contributed by atoms with Crippen molar-refractivity contribution in [3.63, 3.8) is 0 Å². The molecule has 0 amide bonds. The molecule has 4 rings (SSSR count). The molecule has 0 saturated heterocycles. The van der Waals surface area contributed by atoms with E-state index < -0.39 is 0 Å². The van der Waals surface area contributed by atoms with Crippen molar-refractivity contribution in [3.05, 3.63) is 70.2 Å². The van der Waals surface area contributed by atoms with Crippen LogP contribution in [-0.2, 0) is 0 Å². The Balaban J connectivity index is 2.11. The molecule has 0 aliphatic rings. The summed E-state index contributed by atoms with van der Waals surface area (Å²) in [5.74, 6) is 0. The van der Waals surface area contributed by atoms with E-state index in [1.54, 1.807) is 0 Å². The summed E-state index contributed by atoms with van der Waals surface area (Å²) in [7, 11) is 0. The lowest BCUT2D eigenvalue weighted by atomic mass is 10.00. The number of thiophene rings is 1. The topological polar surface area (TPSA) is 0 Å². The van der Waals surface area contributed by atoms with Gasteiger partial charge in [0.1, 0.15) is 0 Å². The molecular weight excluding hydrogens is 364 g/mol. The first-order chi connectivity index (χ1) is 10.2. The monoisotopic (exact) mass is 372 g/mol. The van der Waals surface area contributed by atoms with Gasteiger partial charge in [0.15, 0.2) is 0 Å². The highest BCUT2D eigenvalue weighted by Crippen LogP contribution is 2.40. The lowest BCUT2D eigenvalue weighted by molar-refractivity contribution is 1.67. The molecule has 3 aromatic carbocycles. The van der Waals surface area contributed by atoms with Crippen molar-refractivity contribution in [2.45, 2.75) is 0 Å². The zero-order chi connectivity index (χ0) is 14.4. The van der Waals surface area contributed by atoms with E-state index in [9.17, 15) is 0 Å². The van der Waals surface area contributed by atoms with Crippen LogP contribution in [0.1, 0.15) is 0 Å². The van der Waals surface area contributed by atoms with Crippen LogP contribution in [0.4, 0.5) is 0 Å². The molecule has 0 bridgehead atoms. The van der Waals surface area contributed by atoms with Crippen LogP contribution in [0.25, 0.3) is 31.3 Å². The first-order valence-electron chi connectivity index (χ1n) is 6.59. The predicted molar refractivity (Wildman–Crippen MR) is 97.5 cm³/mol. The van der Waals surface area contributed by atoms with Gasteiger partial charge >= 0.3 is 0 Å². The zero-order valence-corrected chi connectivity index (χ0v) is 14.1. The lowest BCUT2D eigenvalue weighted by Gasteiger charge is -2.05. The van der Waals surface area contributed by atoms with Gasteiger partial charge in [-0.2, -0.15) is 0 Å². The van der Waals surface area contributed by atoms with E-state index in [1.165, 1.54) is 31.3 Å². The molecule has 0 nitrogen and oxygen atoms in total. The third-order valence-electron chi connectivity index (χ3n) is 3.61. The fraction of sp³-hybridized carbons (Fsp3) is 0. The summed E-state index contributed by atoms with van der Waals surface area (Å²) in [6.45, 7) is 0. The molecule has 21 heavy (non-hydrogen) atoms. The molecule has 0 unspecified atom stereocenters. The van der Waals surface area contributed by atoms with E-state index in [1.807, 2.05) is 23.5 Å². The van der Waals surface area contributed by atoms with Crippen LogP contribution in [-0.4, -0.2) is 0 Å². The first kappa shape index (κ1) is 13.3. The molecule has 0 spiro atoms. The SMILES string of the molecule is Clc1ccc(-c2cccc3sc4ccc(Br)cc4c23)cc1. The van der Waals surface area contributed by atoms with E-state index in [2.05, 4.69) is 64.5 Å². The van der Waals surface area contributed by atoms with Gasteiger partial charge < -0.3 is 0 Å². The van der Waals surface area contributed by atoms with E-state index in [-0.39, 0.29) is 0 Å². The predicted octanol–water partition coefficient (Wildman–Crippen LogP) is 7.14. The van der Waals surface area contributed by atoms with Gasteiger partial charge in [0.2, 0.25) is 0 Å². The van der Waals surface area contributed by atoms with Gasteiger partial charge in [-0.25, -0.2) is 0 Å². The van der Waals surface area contributed by atoms with Crippen LogP contribution in [0.15, 0.2) is 65.1 Å². The standard InChI is InChI=1S/C18H10BrClS/c19-12-6-9-16-15(10-12)18-14(2-1-3-17(18)21-16)11-4-7-13(20)8-5-11/h1-10H. The minimum atomic E-state index is 0.767. The van der Waals surface area contributed by atoms with Gasteiger partial charge in [0.05, 0.1) is 0 Å². The second-order valence-electron chi connectivity index (χ2n) is 4.93. The Labute approximate surface area is 140 Å². The number of rotatable bonds is 1. The summed E-state index contributed by atoms with van der Waals surface area (Å²) in [6, 6.07) is 21.0. The summed E-state index contributed by atoms with van der Waals surface area (Å²) >= 11 is 11.4. The molecule has 1 aromatic heterocycles. The number of benzene rings is 3. The highest BCUT2D eigenvalue weighted by Gasteiger charge is 2.10. The van der Waals surface area contributed by atoms with Gasteiger partial charge in [-0.05, 0) is 47.5 Å². The average molecular weight is 374 g/mol. The van der Waals surface area contributed by atoms with Crippen LogP contribution in [0, 0.1) is 0 Å². The summed E-state index contributed by atoms with van der Waals surface area (Å²) in [5, 5.41) is 3.39. The average Bonchev–Trinajstić information content (AvgIpc) is 2.86. The Kier molecular flexibility index (Phi) is 3.26. The van der Waals surface area contributed by atoms with Crippen molar-refractivity contribution in [1.82, 2.24) is 0 Å². The van der Waals surface area contributed by atoms with Crippen molar-refractivity contribution >= 4 is 59.0 Å². The van der Waals surface area contributed by atoms with Crippen LogP contribution in [0.2, 0.25) is 5.02 Å². The Morgan fingerprint density at radius 1 is 0.857 bits per heavy atom. The molecule has 0 N–H and O–H groups in total. The molecule has 0 aliphatic carbocycles. The van der Waals surface area contributed by atoms with Gasteiger partial charge in [0, 0.05) is 29.7 Å². The molecule has 4 aromatic rings. The highest BCUT2D eigenvalue weighted by atomic mass is 79.9. The lowest BCUT2D eigenvalue weighted by Crippen LogP contribution is -1.79. The van der Waals surface area contributed by atoms with Crippen molar-refractivity contribution in [3.8, 4) is 11.1 Å². The van der Waals surface area contributed by atoms with E-state index in [0.717, 1.165) is 9.50 Å². The fourth-order valence-corrected chi connectivity index (χ4v) is 4.27. The third-order valence-corrected chi connectivity index (χ3v) is 5.49. The Morgan fingerprint density at radius 3 is 2.48 bits per heavy atom. The molecule has 102 valence electrons. The van der Waals surface area contributed by atoms with Crippen LogP contribution in [0.3, 0.4) is 0 Å². The smallest absolute Gasteiger partial charge is 0.0406 e. The maximum Gasteiger partial charge on any atom is 0.0406 e. The van der Waals surface area contributed by atoms with E-state index in [4.69, 9.17) is 11.6 Å². The zero-order valence-electron chi connectivity index (χ0n) is 10.9. The van der Waals surface area contributed by atoms with Gasteiger partial charge in [-0.1, -0.05) is 51.8 Å². The van der Waals surface area contributed by atoms with Gasteiger partial charge in [0.25, 0.3) is 0 Å². The molecule has 0 radical (unpaired) electrons. The summed E-state index contributed by atoms with van der Waals surface area (Å²) < 4.78 is 3.74. The Morgan fingerprint density at radius 2 is 1.67 bits per heavy atom. The van der Waals surface area contributed by atoms with Crippen molar-refractivity contribution < 1.29 is 0 Å². The Hall–Kier alpha value is -1.35. The molecule has 0 atom stereocenters. The second-order valence-corrected chi connectivity index (χ2v) is 7.36. The summed E-state index contributed by atoms with van der Waals surface area (Å²) in [6.07, 6.45) is 0. The van der Waals surface area contributed by atoms with Crippen LogP contribution < -0.4 is 0 Å². The van der Waals surface area contributed by atoms with Gasteiger partial charge in [-0.15, -0.1) is 11.3 Å². The fourth-order valence-electron chi connectivity index (χ4n) is 2.67. The maximum absolute atomic E-state index is 6.01. The molecule has 0 aliphatic heterocycles. The molecule has 0 saturated carbocycles. The van der Waals surface area contributed by atoms with E-state index >= 15 is 0 Å². The minimum Gasteiger partial charge on any atom is -0.135 e. The van der Waals surface area contributed by atoms with Crippen molar-refractivity contribution in [2.75, 3.05) is 0 Å². The molecule has 1 heterocycles. The van der Waals surface area contributed by atoms with Crippen LogP contribution in [0.5, 0.6) is 0 Å². The number of hydrogen-bond donors (Lipinski definition) is 0. The number of hydrogen-bond acceptors (Lipinski definition) is 1.